The number of fused-ring (bicyclic) bond motifs is 1. The summed E-state index contributed by atoms with van der Waals surface area (Å²) in [5.41, 5.74) is 8.67. The van der Waals surface area contributed by atoms with Gasteiger partial charge in [0.15, 0.2) is 0 Å². The maximum absolute atomic E-state index is 6.46. The number of halogens is 1. The van der Waals surface area contributed by atoms with Crippen LogP contribution in [-0.2, 0) is 17.6 Å². The fourth-order valence-electron chi connectivity index (χ4n) is 3.14. The van der Waals surface area contributed by atoms with Crippen molar-refractivity contribution in [2.24, 2.45) is 5.73 Å². The molecule has 0 bridgehead atoms. The number of hydrogen-bond donors (Lipinski definition) is 1. The molecule has 0 aliphatic carbocycles. The van der Waals surface area contributed by atoms with Crippen molar-refractivity contribution < 1.29 is 9.47 Å². The average Bonchev–Trinajstić information content (AvgIpc) is 2.89. The molecule has 0 aromatic heterocycles. The minimum absolute atomic E-state index is 0.0369. The van der Waals surface area contributed by atoms with Gasteiger partial charge in [-0.05, 0) is 42.5 Å². The molecule has 0 fully saturated rings. The van der Waals surface area contributed by atoms with Gasteiger partial charge in [0.25, 0.3) is 0 Å². The first-order chi connectivity index (χ1) is 9.56. The fourth-order valence-corrected chi connectivity index (χ4v) is 3.69. The molecule has 1 unspecified atom stereocenters. The van der Waals surface area contributed by atoms with E-state index >= 15 is 0 Å². The Labute approximate surface area is 130 Å². The molecule has 1 atom stereocenters. The van der Waals surface area contributed by atoms with Crippen LogP contribution in [0.2, 0.25) is 0 Å². The van der Waals surface area contributed by atoms with Crippen molar-refractivity contribution in [3.8, 4) is 5.75 Å². The second-order valence-corrected chi connectivity index (χ2v) is 6.35. The van der Waals surface area contributed by atoms with E-state index in [9.17, 15) is 0 Å². The molecule has 2 rings (SSSR count). The third kappa shape index (κ3) is 2.87. The van der Waals surface area contributed by atoms with Crippen molar-refractivity contribution in [2.75, 3.05) is 13.7 Å². The molecule has 112 valence electrons. The number of methoxy groups -OCH3 is 1. The molecule has 3 nitrogen and oxygen atoms in total. The van der Waals surface area contributed by atoms with Gasteiger partial charge in [-0.3, -0.25) is 0 Å². The van der Waals surface area contributed by atoms with Gasteiger partial charge >= 0.3 is 0 Å². The van der Waals surface area contributed by atoms with Crippen molar-refractivity contribution >= 4 is 15.9 Å². The lowest BCUT2D eigenvalue weighted by atomic mass is 9.84. The number of rotatable bonds is 6. The second-order valence-electron chi connectivity index (χ2n) is 5.44. The summed E-state index contributed by atoms with van der Waals surface area (Å²) in [5.74, 6) is 1.03. The van der Waals surface area contributed by atoms with Crippen LogP contribution < -0.4 is 10.5 Å². The van der Waals surface area contributed by atoms with E-state index in [-0.39, 0.29) is 11.6 Å². The highest BCUT2D eigenvalue weighted by Gasteiger charge is 2.34. The molecule has 4 heteroatoms. The molecule has 2 N–H and O–H groups in total. The Morgan fingerprint density at radius 1 is 1.40 bits per heavy atom. The molecule has 0 spiro atoms. The lowest BCUT2D eigenvalue weighted by molar-refractivity contribution is -0.0375. The smallest absolute Gasteiger partial charge is 0.125 e. The number of nitrogens with two attached hydrogens (primary N) is 1. The van der Waals surface area contributed by atoms with Crippen LogP contribution in [0.15, 0.2) is 16.6 Å². The van der Waals surface area contributed by atoms with E-state index in [4.69, 9.17) is 15.2 Å². The van der Waals surface area contributed by atoms with Gasteiger partial charge in [0.1, 0.15) is 5.75 Å². The van der Waals surface area contributed by atoms with Crippen LogP contribution >= 0.6 is 15.9 Å². The zero-order chi connectivity index (χ0) is 14.8. The van der Waals surface area contributed by atoms with Crippen LogP contribution in [0.4, 0.5) is 0 Å². The Bertz CT molecular complexity index is 464. The van der Waals surface area contributed by atoms with Crippen molar-refractivity contribution in [2.45, 2.75) is 51.2 Å². The van der Waals surface area contributed by atoms with Crippen molar-refractivity contribution in [3.63, 3.8) is 0 Å². The molecule has 1 aromatic rings. The standard InChI is InChI=1S/C16H24BrNO2/c1-4-16(5-2,19-3)14(18)10-12-9-13(17)8-11-6-7-20-15(11)12/h8-9,14H,4-7,10,18H2,1-3H3. The van der Waals surface area contributed by atoms with E-state index < -0.39 is 0 Å². The summed E-state index contributed by atoms with van der Waals surface area (Å²) in [6, 6.07) is 4.22. The first-order valence-electron chi connectivity index (χ1n) is 7.31. The van der Waals surface area contributed by atoms with E-state index in [0.717, 1.165) is 42.5 Å². The SMILES string of the molecule is CCC(CC)(OC)C(N)Cc1cc(Br)cc2c1OCC2. The van der Waals surface area contributed by atoms with E-state index in [1.165, 1.54) is 11.1 Å². The summed E-state index contributed by atoms with van der Waals surface area (Å²) >= 11 is 3.58. The molecule has 0 radical (unpaired) electrons. The van der Waals surface area contributed by atoms with Crippen LogP contribution in [0.25, 0.3) is 0 Å². The second kappa shape index (κ2) is 6.46. The van der Waals surface area contributed by atoms with Gasteiger partial charge in [-0.2, -0.15) is 0 Å². The van der Waals surface area contributed by atoms with Crippen LogP contribution in [0.1, 0.15) is 37.8 Å². The minimum Gasteiger partial charge on any atom is -0.493 e. The molecule has 0 saturated heterocycles. The topological polar surface area (TPSA) is 44.5 Å². The fraction of sp³-hybridized carbons (Fsp3) is 0.625. The quantitative estimate of drug-likeness (QED) is 0.861. The zero-order valence-electron chi connectivity index (χ0n) is 12.5. The average molecular weight is 342 g/mol. The van der Waals surface area contributed by atoms with Gasteiger partial charge in [-0.1, -0.05) is 29.8 Å². The molecular formula is C16H24BrNO2. The van der Waals surface area contributed by atoms with Crippen LogP contribution in [0.5, 0.6) is 5.75 Å². The maximum Gasteiger partial charge on any atom is 0.125 e. The lowest BCUT2D eigenvalue weighted by Crippen LogP contribution is -2.50. The van der Waals surface area contributed by atoms with Gasteiger partial charge in [0.2, 0.25) is 0 Å². The van der Waals surface area contributed by atoms with Crippen LogP contribution in [0, 0.1) is 0 Å². The lowest BCUT2D eigenvalue weighted by Gasteiger charge is -2.36. The molecule has 0 saturated carbocycles. The predicted molar refractivity (Wildman–Crippen MR) is 85.3 cm³/mol. The van der Waals surface area contributed by atoms with Gasteiger partial charge in [-0.25, -0.2) is 0 Å². The van der Waals surface area contributed by atoms with Crippen molar-refractivity contribution in [1.82, 2.24) is 0 Å². The molecule has 1 aliphatic rings. The predicted octanol–water partition coefficient (Wildman–Crippen LogP) is 3.46. The third-order valence-corrected chi connectivity index (χ3v) is 5.00. The summed E-state index contributed by atoms with van der Waals surface area (Å²) in [4.78, 5) is 0. The van der Waals surface area contributed by atoms with Crippen molar-refractivity contribution in [1.29, 1.82) is 0 Å². The molecule has 1 aromatic carbocycles. The van der Waals surface area contributed by atoms with E-state index in [0.29, 0.717) is 0 Å². The minimum atomic E-state index is -0.256. The van der Waals surface area contributed by atoms with E-state index in [1.807, 2.05) is 0 Å². The Balaban J connectivity index is 2.26. The Morgan fingerprint density at radius 2 is 2.10 bits per heavy atom. The summed E-state index contributed by atoms with van der Waals surface area (Å²) in [6.07, 6.45) is 3.59. The molecule has 0 amide bonds. The third-order valence-electron chi connectivity index (χ3n) is 4.54. The summed E-state index contributed by atoms with van der Waals surface area (Å²) in [7, 11) is 1.76. The number of hydrogen-bond acceptors (Lipinski definition) is 3. The Hall–Kier alpha value is -0.580. The van der Waals surface area contributed by atoms with Crippen LogP contribution in [-0.4, -0.2) is 25.4 Å². The monoisotopic (exact) mass is 341 g/mol. The number of ether oxygens (including phenoxy) is 2. The summed E-state index contributed by atoms with van der Waals surface area (Å²) in [6.45, 7) is 5.04. The highest BCUT2D eigenvalue weighted by atomic mass is 79.9. The molecule has 1 aliphatic heterocycles. The Morgan fingerprint density at radius 3 is 2.70 bits per heavy atom. The van der Waals surface area contributed by atoms with Gasteiger partial charge in [0.05, 0.1) is 12.2 Å². The van der Waals surface area contributed by atoms with E-state index in [2.05, 4.69) is 41.9 Å². The molecule has 20 heavy (non-hydrogen) atoms. The normalized spacial score (nSPS) is 15.8. The van der Waals surface area contributed by atoms with Gasteiger partial charge in [0, 0.05) is 24.0 Å². The van der Waals surface area contributed by atoms with E-state index in [1.54, 1.807) is 7.11 Å². The zero-order valence-corrected chi connectivity index (χ0v) is 14.1. The maximum atomic E-state index is 6.46. The largest absolute Gasteiger partial charge is 0.493 e. The molecule has 1 heterocycles. The van der Waals surface area contributed by atoms with Crippen molar-refractivity contribution in [3.05, 3.63) is 27.7 Å². The summed E-state index contributed by atoms with van der Waals surface area (Å²) < 4.78 is 12.6. The first-order valence-corrected chi connectivity index (χ1v) is 8.10. The number of benzene rings is 1. The highest BCUT2D eigenvalue weighted by molar-refractivity contribution is 9.10. The van der Waals surface area contributed by atoms with Gasteiger partial charge < -0.3 is 15.2 Å². The molecular weight excluding hydrogens is 318 g/mol. The first kappa shape index (κ1) is 15.8. The Kier molecular flexibility index (Phi) is 5.10. The highest BCUT2D eigenvalue weighted by Crippen LogP contribution is 2.35. The summed E-state index contributed by atoms with van der Waals surface area (Å²) in [5, 5.41) is 0. The van der Waals surface area contributed by atoms with Crippen LogP contribution in [0.3, 0.4) is 0 Å². The van der Waals surface area contributed by atoms with Gasteiger partial charge in [-0.15, -0.1) is 0 Å².